The first kappa shape index (κ1) is 15.0. The van der Waals surface area contributed by atoms with Crippen LogP contribution in [0.3, 0.4) is 0 Å². The smallest absolute Gasteiger partial charge is 0.119 e. The van der Waals surface area contributed by atoms with Crippen molar-refractivity contribution < 1.29 is 9.47 Å². The summed E-state index contributed by atoms with van der Waals surface area (Å²) in [6.45, 7) is 5.85. The van der Waals surface area contributed by atoms with E-state index in [1.54, 1.807) is 7.11 Å². The Labute approximate surface area is 110 Å². The molecule has 3 nitrogen and oxygen atoms in total. The van der Waals surface area contributed by atoms with Gasteiger partial charge in [0.25, 0.3) is 0 Å². The monoisotopic (exact) mass is 251 g/mol. The van der Waals surface area contributed by atoms with Crippen molar-refractivity contribution in [3.63, 3.8) is 0 Å². The molecule has 1 aromatic rings. The van der Waals surface area contributed by atoms with Gasteiger partial charge in [-0.25, -0.2) is 0 Å². The third kappa shape index (κ3) is 6.03. The highest BCUT2D eigenvalue weighted by molar-refractivity contribution is 5.28. The lowest BCUT2D eigenvalue weighted by Crippen LogP contribution is -2.25. The maximum Gasteiger partial charge on any atom is 0.119 e. The second-order valence-corrected chi connectivity index (χ2v) is 5.07. The molecule has 0 aliphatic rings. The van der Waals surface area contributed by atoms with Gasteiger partial charge in [-0.15, -0.1) is 0 Å². The molecule has 0 aromatic heterocycles. The SMILES string of the molecule is COc1cccc(CC(N)CCOCC(C)C)c1. The summed E-state index contributed by atoms with van der Waals surface area (Å²) in [6.07, 6.45) is 1.76. The summed E-state index contributed by atoms with van der Waals surface area (Å²) in [5.41, 5.74) is 7.31. The highest BCUT2D eigenvalue weighted by Crippen LogP contribution is 2.14. The van der Waals surface area contributed by atoms with Crippen LogP contribution in [0.4, 0.5) is 0 Å². The molecular weight excluding hydrogens is 226 g/mol. The summed E-state index contributed by atoms with van der Waals surface area (Å²) in [5, 5.41) is 0. The average molecular weight is 251 g/mol. The number of ether oxygens (including phenoxy) is 2. The summed E-state index contributed by atoms with van der Waals surface area (Å²) in [5.74, 6) is 1.47. The van der Waals surface area contributed by atoms with Gasteiger partial charge in [0.2, 0.25) is 0 Å². The number of benzene rings is 1. The zero-order valence-electron chi connectivity index (χ0n) is 11.7. The van der Waals surface area contributed by atoms with E-state index >= 15 is 0 Å². The van der Waals surface area contributed by atoms with Gasteiger partial charge in [0.1, 0.15) is 5.75 Å². The molecule has 0 aliphatic heterocycles. The number of nitrogens with two attached hydrogens (primary N) is 1. The van der Waals surface area contributed by atoms with Gasteiger partial charge >= 0.3 is 0 Å². The minimum Gasteiger partial charge on any atom is -0.497 e. The van der Waals surface area contributed by atoms with Crippen LogP contribution in [0.1, 0.15) is 25.8 Å². The fourth-order valence-corrected chi connectivity index (χ4v) is 1.76. The summed E-state index contributed by atoms with van der Waals surface area (Å²) < 4.78 is 10.7. The molecule has 1 atom stereocenters. The lowest BCUT2D eigenvalue weighted by Gasteiger charge is -2.13. The van der Waals surface area contributed by atoms with Crippen LogP contribution in [0.15, 0.2) is 24.3 Å². The maximum atomic E-state index is 6.09. The Morgan fingerprint density at radius 1 is 1.28 bits per heavy atom. The van der Waals surface area contributed by atoms with Gasteiger partial charge in [-0.3, -0.25) is 0 Å². The highest BCUT2D eigenvalue weighted by atomic mass is 16.5. The van der Waals surface area contributed by atoms with E-state index in [1.807, 2.05) is 18.2 Å². The normalized spacial score (nSPS) is 12.7. The van der Waals surface area contributed by atoms with Crippen molar-refractivity contribution >= 4 is 0 Å². The minimum absolute atomic E-state index is 0.143. The lowest BCUT2D eigenvalue weighted by atomic mass is 10.0. The molecule has 1 unspecified atom stereocenters. The third-order valence-electron chi connectivity index (χ3n) is 2.72. The molecule has 1 rings (SSSR count). The predicted octanol–water partition coefficient (Wildman–Crippen LogP) is 2.63. The number of methoxy groups -OCH3 is 1. The molecular formula is C15H25NO2. The summed E-state index contributed by atoms with van der Waals surface area (Å²) in [4.78, 5) is 0. The summed E-state index contributed by atoms with van der Waals surface area (Å²) >= 11 is 0. The Morgan fingerprint density at radius 2 is 2.06 bits per heavy atom. The molecule has 102 valence electrons. The third-order valence-corrected chi connectivity index (χ3v) is 2.72. The van der Waals surface area contributed by atoms with E-state index in [0.29, 0.717) is 5.92 Å². The Kier molecular flexibility index (Phi) is 6.76. The van der Waals surface area contributed by atoms with Crippen molar-refractivity contribution in [2.45, 2.75) is 32.7 Å². The van der Waals surface area contributed by atoms with Crippen LogP contribution >= 0.6 is 0 Å². The molecule has 0 heterocycles. The predicted molar refractivity (Wildman–Crippen MR) is 74.9 cm³/mol. The van der Waals surface area contributed by atoms with Gasteiger partial charge in [0, 0.05) is 19.3 Å². The average Bonchev–Trinajstić information content (AvgIpc) is 2.34. The van der Waals surface area contributed by atoms with E-state index in [4.69, 9.17) is 15.2 Å². The van der Waals surface area contributed by atoms with E-state index in [1.165, 1.54) is 5.56 Å². The van der Waals surface area contributed by atoms with Crippen molar-refractivity contribution in [1.29, 1.82) is 0 Å². The largest absolute Gasteiger partial charge is 0.497 e. The van der Waals surface area contributed by atoms with Crippen molar-refractivity contribution in [3.05, 3.63) is 29.8 Å². The zero-order chi connectivity index (χ0) is 13.4. The van der Waals surface area contributed by atoms with Gasteiger partial charge in [0.05, 0.1) is 7.11 Å². The second-order valence-electron chi connectivity index (χ2n) is 5.07. The first-order valence-corrected chi connectivity index (χ1v) is 6.58. The minimum atomic E-state index is 0.143. The molecule has 18 heavy (non-hydrogen) atoms. The topological polar surface area (TPSA) is 44.5 Å². The van der Waals surface area contributed by atoms with Crippen LogP contribution in [0, 0.1) is 5.92 Å². The van der Waals surface area contributed by atoms with Crippen LogP contribution in [0.2, 0.25) is 0 Å². The summed E-state index contributed by atoms with van der Waals surface area (Å²) in [7, 11) is 1.68. The van der Waals surface area contributed by atoms with Crippen molar-refractivity contribution in [2.24, 2.45) is 11.7 Å². The van der Waals surface area contributed by atoms with Crippen molar-refractivity contribution in [2.75, 3.05) is 20.3 Å². The van der Waals surface area contributed by atoms with Gasteiger partial charge in [0.15, 0.2) is 0 Å². The first-order valence-electron chi connectivity index (χ1n) is 6.58. The molecule has 0 amide bonds. The van der Waals surface area contributed by atoms with Crippen LogP contribution in [-0.2, 0) is 11.2 Å². The number of hydrogen-bond acceptors (Lipinski definition) is 3. The molecule has 1 aromatic carbocycles. The quantitative estimate of drug-likeness (QED) is 0.722. The molecule has 3 heteroatoms. The van der Waals surface area contributed by atoms with Crippen molar-refractivity contribution in [1.82, 2.24) is 0 Å². The molecule has 0 radical (unpaired) electrons. The lowest BCUT2D eigenvalue weighted by molar-refractivity contribution is 0.104. The van der Waals surface area contributed by atoms with Crippen LogP contribution in [0.5, 0.6) is 5.75 Å². The molecule has 0 spiro atoms. The fourth-order valence-electron chi connectivity index (χ4n) is 1.76. The van der Waals surface area contributed by atoms with Gasteiger partial charge in [-0.2, -0.15) is 0 Å². The Balaban J connectivity index is 2.28. The molecule has 0 fully saturated rings. The van der Waals surface area contributed by atoms with Gasteiger partial charge < -0.3 is 15.2 Å². The Bertz CT molecular complexity index is 339. The number of hydrogen-bond donors (Lipinski definition) is 1. The van der Waals surface area contributed by atoms with Crippen LogP contribution in [-0.4, -0.2) is 26.4 Å². The molecule has 0 saturated carbocycles. The fraction of sp³-hybridized carbons (Fsp3) is 0.600. The maximum absolute atomic E-state index is 6.09. The second kappa shape index (κ2) is 8.11. The van der Waals surface area contributed by atoms with Crippen molar-refractivity contribution in [3.8, 4) is 5.75 Å². The molecule has 0 aliphatic carbocycles. The van der Waals surface area contributed by atoms with E-state index in [0.717, 1.165) is 31.8 Å². The van der Waals surface area contributed by atoms with Crippen LogP contribution < -0.4 is 10.5 Å². The van der Waals surface area contributed by atoms with E-state index < -0.39 is 0 Å². The van der Waals surface area contributed by atoms with E-state index in [9.17, 15) is 0 Å². The standard InChI is InChI=1S/C15H25NO2/c1-12(2)11-18-8-7-14(16)9-13-5-4-6-15(10-13)17-3/h4-6,10,12,14H,7-9,11,16H2,1-3H3. The number of rotatable bonds is 8. The van der Waals surface area contributed by atoms with E-state index in [-0.39, 0.29) is 6.04 Å². The Morgan fingerprint density at radius 3 is 2.72 bits per heavy atom. The Hall–Kier alpha value is -1.06. The first-order chi connectivity index (χ1) is 8.61. The summed E-state index contributed by atoms with van der Waals surface area (Å²) in [6, 6.07) is 8.20. The van der Waals surface area contributed by atoms with Gasteiger partial charge in [-0.05, 0) is 36.5 Å². The molecule has 0 bridgehead atoms. The molecule has 2 N–H and O–H groups in total. The zero-order valence-corrected chi connectivity index (χ0v) is 11.7. The highest BCUT2D eigenvalue weighted by Gasteiger charge is 2.05. The van der Waals surface area contributed by atoms with Gasteiger partial charge in [-0.1, -0.05) is 26.0 Å². The van der Waals surface area contributed by atoms with E-state index in [2.05, 4.69) is 19.9 Å². The van der Waals surface area contributed by atoms with Crippen LogP contribution in [0.25, 0.3) is 0 Å². The molecule has 0 saturated heterocycles.